The van der Waals surface area contributed by atoms with Gasteiger partial charge >= 0.3 is 0 Å². The Morgan fingerprint density at radius 1 is 1.10 bits per heavy atom. The van der Waals surface area contributed by atoms with Crippen molar-refractivity contribution in [3.63, 3.8) is 0 Å². The van der Waals surface area contributed by atoms with Crippen LogP contribution in [0.3, 0.4) is 0 Å². The molecule has 0 saturated carbocycles. The van der Waals surface area contributed by atoms with Gasteiger partial charge in [0.15, 0.2) is 9.84 Å². The fraction of sp³-hybridized carbons (Fsp3) is 0.333. The van der Waals surface area contributed by atoms with Crippen molar-refractivity contribution in [2.45, 2.75) is 37.2 Å². The minimum Gasteiger partial charge on any atom is -0.339 e. The lowest BCUT2D eigenvalue weighted by atomic mass is 10.1. The first-order valence-corrected chi connectivity index (χ1v) is 11.5. The van der Waals surface area contributed by atoms with E-state index >= 15 is 0 Å². The van der Waals surface area contributed by atoms with Crippen LogP contribution in [0, 0.1) is 0 Å². The zero-order valence-corrected chi connectivity index (χ0v) is 18.1. The molecular formula is C21H25N5O3S. The van der Waals surface area contributed by atoms with Gasteiger partial charge in [-0.05, 0) is 36.3 Å². The molecule has 8 nitrogen and oxygen atoms in total. The Morgan fingerprint density at radius 2 is 1.77 bits per heavy atom. The van der Waals surface area contributed by atoms with Gasteiger partial charge in [0.1, 0.15) is 0 Å². The van der Waals surface area contributed by atoms with E-state index in [1.54, 1.807) is 36.2 Å². The van der Waals surface area contributed by atoms with E-state index in [2.05, 4.69) is 15.4 Å². The van der Waals surface area contributed by atoms with Crippen LogP contribution < -0.4 is 0 Å². The van der Waals surface area contributed by atoms with E-state index in [-0.39, 0.29) is 16.8 Å². The van der Waals surface area contributed by atoms with Crippen LogP contribution in [0.4, 0.5) is 0 Å². The number of aryl methyl sites for hydroxylation is 1. The minimum absolute atomic E-state index is 0.00177. The van der Waals surface area contributed by atoms with Crippen LogP contribution in [-0.2, 0) is 21.2 Å². The van der Waals surface area contributed by atoms with Crippen LogP contribution >= 0.6 is 0 Å². The summed E-state index contributed by atoms with van der Waals surface area (Å²) in [6.45, 7) is 2.41. The van der Waals surface area contributed by atoms with Crippen molar-refractivity contribution in [3.05, 3.63) is 60.2 Å². The van der Waals surface area contributed by atoms with Gasteiger partial charge in [-0.15, -0.1) is 10.2 Å². The van der Waals surface area contributed by atoms with Gasteiger partial charge in [-0.2, -0.15) is 4.80 Å². The number of carbonyl (C=O) groups excluding carboxylic acids is 1. The topological polar surface area (TPSA) is 98.1 Å². The van der Waals surface area contributed by atoms with E-state index in [4.69, 9.17) is 0 Å². The maximum absolute atomic E-state index is 12.6. The van der Waals surface area contributed by atoms with Gasteiger partial charge in [-0.3, -0.25) is 4.79 Å². The lowest BCUT2D eigenvalue weighted by molar-refractivity contribution is -0.132. The van der Waals surface area contributed by atoms with Crippen LogP contribution in [0.1, 0.15) is 31.4 Å². The molecule has 1 aromatic heterocycles. The number of carbonyl (C=O) groups is 1. The third-order valence-corrected chi connectivity index (χ3v) is 6.13. The molecule has 0 spiro atoms. The van der Waals surface area contributed by atoms with Crippen molar-refractivity contribution in [2.24, 2.45) is 0 Å². The fourth-order valence-corrected chi connectivity index (χ4v) is 3.65. The van der Waals surface area contributed by atoms with Gasteiger partial charge in [0, 0.05) is 25.3 Å². The first-order valence-electron chi connectivity index (χ1n) is 9.64. The van der Waals surface area contributed by atoms with Crippen LogP contribution in [-0.4, -0.2) is 52.7 Å². The van der Waals surface area contributed by atoms with E-state index in [1.165, 1.54) is 11.1 Å². The average molecular weight is 428 g/mol. The Morgan fingerprint density at radius 3 is 2.40 bits per heavy atom. The van der Waals surface area contributed by atoms with E-state index in [1.807, 2.05) is 37.3 Å². The largest absolute Gasteiger partial charge is 0.339 e. The molecule has 1 atom stereocenters. The molecule has 0 aliphatic heterocycles. The fourth-order valence-electron chi connectivity index (χ4n) is 3.02. The monoisotopic (exact) mass is 427 g/mol. The summed E-state index contributed by atoms with van der Waals surface area (Å²) < 4.78 is 23.2. The smallest absolute Gasteiger partial charge is 0.222 e. The van der Waals surface area contributed by atoms with Gasteiger partial charge in [0.25, 0.3) is 0 Å². The predicted molar refractivity (Wildman–Crippen MR) is 113 cm³/mol. The number of aromatic nitrogens is 4. The van der Waals surface area contributed by atoms with Crippen molar-refractivity contribution in [1.82, 2.24) is 25.1 Å². The molecule has 0 saturated heterocycles. The Bertz CT molecular complexity index is 1100. The average Bonchev–Trinajstić information content (AvgIpc) is 3.21. The molecule has 2 aromatic carbocycles. The second-order valence-corrected chi connectivity index (χ2v) is 9.22. The van der Waals surface area contributed by atoms with Gasteiger partial charge in [0.05, 0.1) is 17.5 Å². The standard InChI is InChI=1S/C21H25N5O3S/c1-16(17-11-13-19(14-12-17)30(3,28)29)25(2)20(27)10-7-15-26-23-21(22-24-26)18-8-5-4-6-9-18/h4-6,8-9,11-14,16H,7,10,15H2,1-3H3. The molecule has 1 amide bonds. The molecule has 9 heteroatoms. The molecule has 0 N–H and O–H groups in total. The van der Waals surface area contributed by atoms with Crippen molar-refractivity contribution in [3.8, 4) is 11.4 Å². The molecule has 1 unspecified atom stereocenters. The van der Waals surface area contributed by atoms with Gasteiger partial charge in [0.2, 0.25) is 11.7 Å². The highest BCUT2D eigenvalue weighted by Gasteiger charge is 2.18. The highest BCUT2D eigenvalue weighted by molar-refractivity contribution is 7.90. The number of rotatable bonds is 8. The Hall–Kier alpha value is -3.07. The Kier molecular flexibility index (Phi) is 6.61. The predicted octanol–water partition coefficient (Wildman–Crippen LogP) is 2.74. The molecule has 0 aliphatic carbocycles. The molecule has 30 heavy (non-hydrogen) atoms. The second-order valence-electron chi connectivity index (χ2n) is 7.20. The molecule has 0 bridgehead atoms. The third kappa shape index (κ3) is 5.29. The number of hydrogen-bond donors (Lipinski definition) is 0. The summed E-state index contributed by atoms with van der Waals surface area (Å²) in [6, 6.07) is 16.1. The van der Waals surface area contributed by atoms with Crippen molar-refractivity contribution >= 4 is 15.7 Å². The molecule has 158 valence electrons. The zero-order chi connectivity index (χ0) is 21.7. The summed E-state index contributed by atoms with van der Waals surface area (Å²) in [5, 5.41) is 12.5. The van der Waals surface area contributed by atoms with Crippen molar-refractivity contribution < 1.29 is 13.2 Å². The molecule has 1 heterocycles. The molecule has 3 aromatic rings. The third-order valence-electron chi connectivity index (χ3n) is 5.00. The highest BCUT2D eigenvalue weighted by Crippen LogP contribution is 2.21. The minimum atomic E-state index is -3.24. The maximum atomic E-state index is 12.6. The quantitative estimate of drug-likeness (QED) is 0.548. The highest BCUT2D eigenvalue weighted by atomic mass is 32.2. The first kappa shape index (κ1) is 21.6. The molecule has 0 radical (unpaired) electrons. The number of tetrazole rings is 1. The summed E-state index contributed by atoms with van der Waals surface area (Å²) in [7, 11) is -1.49. The lowest BCUT2D eigenvalue weighted by Crippen LogP contribution is -2.29. The number of nitrogens with zero attached hydrogens (tertiary/aromatic N) is 5. The van der Waals surface area contributed by atoms with E-state index < -0.39 is 9.84 Å². The lowest BCUT2D eigenvalue weighted by Gasteiger charge is -2.25. The number of sulfone groups is 1. The number of benzene rings is 2. The summed E-state index contributed by atoms with van der Waals surface area (Å²) in [5.41, 5.74) is 1.78. The van der Waals surface area contributed by atoms with Gasteiger partial charge < -0.3 is 4.90 Å². The Labute approximate surface area is 176 Å². The first-order chi connectivity index (χ1) is 14.3. The van der Waals surface area contributed by atoms with Gasteiger partial charge in [-0.25, -0.2) is 8.42 Å². The molecule has 0 fully saturated rings. The number of hydrogen-bond acceptors (Lipinski definition) is 6. The van der Waals surface area contributed by atoms with Crippen LogP contribution in [0.15, 0.2) is 59.5 Å². The SMILES string of the molecule is CC(c1ccc(S(C)(=O)=O)cc1)N(C)C(=O)CCCn1nnc(-c2ccccc2)n1. The molecular weight excluding hydrogens is 402 g/mol. The van der Waals surface area contributed by atoms with Gasteiger partial charge in [-0.1, -0.05) is 42.5 Å². The molecule has 0 aliphatic rings. The summed E-state index contributed by atoms with van der Waals surface area (Å²) in [4.78, 5) is 16.0. The zero-order valence-electron chi connectivity index (χ0n) is 17.3. The number of amides is 1. The normalized spacial score (nSPS) is 12.5. The van der Waals surface area contributed by atoms with E-state index in [9.17, 15) is 13.2 Å². The van der Waals surface area contributed by atoms with Crippen LogP contribution in [0.5, 0.6) is 0 Å². The van der Waals surface area contributed by atoms with Crippen LogP contribution in [0.2, 0.25) is 0 Å². The summed E-state index contributed by atoms with van der Waals surface area (Å²) >= 11 is 0. The van der Waals surface area contributed by atoms with E-state index in [0.717, 1.165) is 11.1 Å². The Balaban J connectivity index is 1.52. The van der Waals surface area contributed by atoms with Crippen molar-refractivity contribution in [1.29, 1.82) is 0 Å². The maximum Gasteiger partial charge on any atom is 0.222 e. The molecule has 3 rings (SSSR count). The second kappa shape index (κ2) is 9.17. The summed E-state index contributed by atoms with van der Waals surface area (Å²) in [5.74, 6) is 0.559. The van der Waals surface area contributed by atoms with E-state index in [0.29, 0.717) is 25.2 Å². The van der Waals surface area contributed by atoms with Crippen molar-refractivity contribution in [2.75, 3.05) is 13.3 Å². The van der Waals surface area contributed by atoms with Crippen LogP contribution in [0.25, 0.3) is 11.4 Å². The summed E-state index contributed by atoms with van der Waals surface area (Å²) in [6.07, 6.45) is 2.12.